The van der Waals surface area contributed by atoms with Crippen LogP contribution in [0.1, 0.15) is 55.3 Å². The average molecular weight is 408 g/mol. The quantitative estimate of drug-likeness (QED) is 0.801. The van der Waals surface area contributed by atoms with Crippen LogP contribution >= 0.6 is 0 Å². The smallest absolute Gasteiger partial charge is 0.317 e. The molecular formula is C20H29N3O4S. The molecule has 0 spiro atoms. The van der Waals surface area contributed by atoms with Crippen molar-refractivity contribution >= 4 is 21.8 Å². The van der Waals surface area contributed by atoms with Crippen LogP contribution in [-0.4, -0.2) is 56.7 Å². The SMILES string of the molecule is CS(=O)(=O)c1ccccc1C(=O)NC1CCN(C(=O)NC2CCCCC2)CC1. The van der Waals surface area contributed by atoms with Crippen LogP contribution in [0.5, 0.6) is 0 Å². The van der Waals surface area contributed by atoms with Crippen molar-refractivity contribution in [3.63, 3.8) is 0 Å². The third-order valence-electron chi connectivity index (χ3n) is 5.58. The summed E-state index contributed by atoms with van der Waals surface area (Å²) >= 11 is 0. The Labute approximate surface area is 166 Å². The number of carbonyl (C=O) groups excluding carboxylic acids is 2. The van der Waals surface area contributed by atoms with Crippen LogP contribution in [0.25, 0.3) is 0 Å². The maximum absolute atomic E-state index is 12.6. The van der Waals surface area contributed by atoms with E-state index >= 15 is 0 Å². The number of sulfone groups is 1. The van der Waals surface area contributed by atoms with E-state index in [0.717, 1.165) is 19.1 Å². The monoisotopic (exact) mass is 407 g/mol. The van der Waals surface area contributed by atoms with Crippen LogP contribution in [0.15, 0.2) is 29.2 Å². The Kier molecular flexibility index (Phi) is 6.59. The van der Waals surface area contributed by atoms with E-state index in [1.54, 1.807) is 12.1 Å². The van der Waals surface area contributed by atoms with E-state index in [1.807, 2.05) is 4.90 Å². The van der Waals surface area contributed by atoms with Gasteiger partial charge in [-0.3, -0.25) is 4.79 Å². The summed E-state index contributed by atoms with van der Waals surface area (Å²) in [5.74, 6) is -0.383. The number of nitrogens with one attached hydrogen (secondary N) is 2. The molecule has 8 heteroatoms. The normalized spacial score (nSPS) is 19.2. The molecule has 0 aromatic heterocycles. The van der Waals surface area contributed by atoms with Crippen molar-refractivity contribution in [1.29, 1.82) is 0 Å². The average Bonchev–Trinajstić information content (AvgIpc) is 2.68. The number of carbonyl (C=O) groups is 2. The van der Waals surface area contributed by atoms with Crippen LogP contribution < -0.4 is 10.6 Å². The summed E-state index contributed by atoms with van der Waals surface area (Å²) in [5.41, 5.74) is 0.169. The molecule has 154 valence electrons. The largest absolute Gasteiger partial charge is 0.349 e. The molecule has 1 aromatic rings. The summed E-state index contributed by atoms with van der Waals surface area (Å²) in [6, 6.07) is 6.43. The van der Waals surface area contributed by atoms with Gasteiger partial charge in [0.05, 0.1) is 10.5 Å². The van der Waals surface area contributed by atoms with Gasteiger partial charge in [-0.1, -0.05) is 31.4 Å². The van der Waals surface area contributed by atoms with Crippen molar-refractivity contribution < 1.29 is 18.0 Å². The minimum Gasteiger partial charge on any atom is -0.349 e. The van der Waals surface area contributed by atoms with Crippen LogP contribution in [0.3, 0.4) is 0 Å². The standard InChI is InChI=1S/C20H29N3O4S/c1-28(26,27)18-10-6-5-9-17(18)19(24)21-16-11-13-23(14-12-16)20(25)22-15-7-3-2-4-8-15/h5-6,9-10,15-16H,2-4,7-8,11-14H2,1H3,(H,21,24)(H,22,25). The molecule has 28 heavy (non-hydrogen) atoms. The second-order valence-electron chi connectivity index (χ2n) is 7.79. The molecule has 2 N–H and O–H groups in total. The Balaban J connectivity index is 1.52. The van der Waals surface area contributed by atoms with Crippen molar-refractivity contribution in [2.75, 3.05) is 19.3 Å². The summed E-state index contributed by atoms with van der Waals surface area (Å²) < 4.78 is 23.8. The number of hydrogen-bond donors (Lipinski definition) is 2. The summed E-state index contributed by atoms with van der Waals surface area (Å²) in [5, 5.41) is 6.05. The van der Waals surface area contributed by atoms with Gasteiger partial charge in [0.1, 0.15) is 0 Å². The highest BCUT2D eigenvalue weighted by Gasteiger charge is 2.27. The minimum atomic E-state index is -3.48. The van der Waals surface area contributed by atoms with E-state index in [-0.39, 0.29) is 34.5 Å². The number of rotatable bonds is 4. The maximum Gasteiger partial charge on any atom is 0.317 e. The molecule has 0 radical (unpaired) electrons. The van der Waals surface area contributed by atoms with Gasteiger partial charge < -0.3 is 15.5 Å². The molecule has 2 fully saturated rings. The predicted molar refractivity (Wildman–Crippen MR) is 107 cm³/mol. The summed E-state index contributed by atoms with van der Waals surface area (Å²) in [4.78, 5) is 26.9. The first-order valence-electron chi connectivity index (χ1n) is 10.00. The van der Waals surface area contributed by atoms with Gasteiger partial charge in [-0.25, -0.2) is 13.2 Å². The van der Waals surface area contributed by atoms with E-state index in [1.165, 1.54) is 31.4 Å². The second kappa shape index (κ2) is 8.94. The van der Waals surface area contributed by atoms with Gasteiger partial charge in [0.15, 0.2) is 9.84 Å². The first-order chi connectivity index (χ1) is 13.3. The summed E-state index contributed by atoms with van der Waals surface area (Å²) in [7, 11) is -3.48. The van der Waals surface area contributed by atoms with Gasteiger partial charge in [0.25, 0.3) is 5.91 Å². The Morgan fingerprint density at radius 2 is 1.54 bits per heavy atom. The number of urea groups is 1. The van der Waals surface area contributed by atoms with Crippen LogP contribution in [-0.2, 0) is 9.84 Å². The molecule has 1 saturated carbocycles. The molecular weight excluding hydrogens is 378 g/mol. The van der Waals surface area contributed by atoms with Crippen molar-refractivity contribution in [3.8, 4) is 0 Å². The molecule has 0 atom stereocenters. The third-order valence-corrected chi connectivity index (χ3v) is 6.74. The molecule has 2 aliphatic rings. The molecule has 3 rings (SSSR count). The lowest BCUT2D eigenvalue weighted by atomic mass is 9.95. The highest BCUT2D eigenvalue weighted by molar-refractivity contribution is 7.90. The molecule has 1 heterocycles. The van der Waals surface area contributed by atoms with Crippen molar-refractivity contribution in [2.24, 2.45) is 0 Å². The van der Waals surface area contributed by atoms with E-state index in [2.05, 4.69) is 10.6 Å². The number of likely N-dealkylation sites (tertiary alicyclic amines) is 1. The zero-order valence-electron chi connectivity index (χ0n) is 16.3. The van der Waals surface area contributed by atoms with Crippen LogP contribution in [0, 0.1) is 0 Å². The van der Waals surface area contributed by atoms with Gasteiger partial charge in [-0.15, -0.1) is 0 Å². The van der Waals surface area contributed by atoms with Gasteiger partial charge >= 0.3 is 6.03 Å². The maximum atomic E-state index is 12.6. The number of hydrogen-bond acceptors (Lipinski definition) is 4. The zero-order valence-corrected chi connectivity index (χ0v) is 17.1. The topological polar surface area (TPSA) is 95.6 Å². The molecule has 1 saturated heterocycles. The Hall–Kier alpha value is -2.09. The molecule has 1 aromatic carbocycles. The molecule has 0 unspecified atom stereocenters. The number of benzene rings is 1. The van der Waals surface area contributed by atoms with Crippen molar-refractivity contribution in [1.82, 2.24) is 15.5 Å². The van der Waals surface area contributed by atoms with E-state index in [9.17, 15) is 18.0 Å². The fourth-order valence-corrected chi connectivity index (χ4v) is 4.87. The number of nitrogens with zero attached hydrogens (tertiary/aromatic N) is 1. The highest BCUT2D eigenvalue weighted by Crippen LogP contribution is 2.19. The number of amides is 3. The van der Waals surface area contributed by atoms with E-state index in [0.29, 0.717) is 25.9 Å². The fraction of sp³-hybridized carbons (Fsp3) is 0.600. The first kappa shape index (κ1) is 20.6. The first-order valence-corrected chi connectivity index (χ1v) is 11.9. The lowest BCUT2D eigenvalue weighted by Gasteiger charge is -2.34. The highest BCUT2D eigenvalue weighted by atomic mass is 32.2. The second-order valence-corrected chi connectivity index (χ2v) is 9.77. The third kappa shape index (κ3) is 5.25. The Morgan fingerprint density at radius 1 is 0.929 bits per heavy atom. The molecule has 7 nitrogen and oxygen atoms in total. The lowest BCUT2D eigenvalue weighted by Crippen LogP contribution is -2.51. The molecule has 0 bridgehead atoms. The van der Waals surface area contributed by atoms with Gasteiger partial charge in [-0.2, -0.15) is 0 Å². The van der Waals surface area contributed by atoms with Crippen molar-refractivity contribution in [2.45, 2.75) is 61.9 Å². The summed E-state index contributed by atoms with van der Waals surface area (Å²) in [6.07, 6.45) is 8.12. The van der Waals surface area contributed by atoms with Crippen molar-refractivity contribution in [3.05, 3.63) is 29.8 Å². The minimum absolute atomic E-state index is 0.0147. The summed E-state index contributed by atoms with van der Waals surface area (Å²) in [6.45, 7) is 1.16. The Bertz CT molecular complexity index is 810. The molecule has 3 amide bonds. The van der Waals surface area contributed by atoms with Gasteiger partial charge in [-0.05, 0) is 37.8 Å². The van der Waals surface area contributed by atoms with Crippen LogP contribution in [0.4, 0.5) is 4.79 Å². The zero-order chi connectivity index (χ0) is 20.1. The Morgan fingerprint density at radius 3 is 2.18 bits per heavy atom. The van der Waals surface area contributed by atoms with Crippen LogP contribution in [0.2, 0.25) is 0 Å². The van der Waals surface area contributed by atoms with E-state index in [4.69, 9.17) is 0 Å². The predicted octanol–water partition coefficient (Wildman–Crippen LogP) is 2.33. The van der Waals surface area contributed by atoms with E-state index < -0.39 is 9.84 Å². The fourth-order valence-electron chi connectivity index (χ4n) is 3.98. The van der Waals surface area contributed by atoms with Gasteiger partial charge in [0, 0.05) is 31.4 Å². The molecule has 1 aliphatic carbocycles. The lowest BCUT2D eigenvalue weighted by molar-refractivity contribution is 0.0914. The number of piperidine rings is 1. The van der Waals surface area contributed by atoms with Gasteiger partial charge in [0.2, 0.25) is 0 Å². The molecule has 1 aliphatic heterocycles.